The molecule has 1 aromatic heterocycles. The van der Waals surface area contributed by atoms with Gasteiger partial charge < -0.3 is 10.2 Å². The SMILES string of the molecule is O=C(Nc1ccccc1N1CCCC1=O)c1ccnc(Cl)c1. The van der Waals surface area contributed by atoms with E-state index in [1.54, 1.807) is 17.0 Å². The summed E-state index contributed by atoms with van der Waals surface area (Å²) in [5.41, 5.74) is 1.75. The predicted octanol–water partition coefficient (Wildman–Crippen LogP) is 3.11. The zero-order valence-electron chi connectivity index (χ0n) is 11.8. The van der Waals surface area contributed by atoms with Crippen LogP contribution in [0.2, 0.25) is 5.15 Å². The maximum absolute atomic E-state index is 12.3. The molecule has 0 radical (unpaired) electrons. The topological polar surface area (TPSA) is 62.3 Å². The third kappa shape index (κ3) is 2.94. The summed E-state index contributed by atoms with van der Waals surface area (Å²) in [6, 6.07) is 10.4. The fourth-order valence-corrected chi connectivity index (χ4v) is 2.63. The molecule has 1 saturated heterocycles. The van der Waals surface area contributed by atoms with Gasteiger partial charge >= 0.3 is 0 Å². The number of anilines is 2. The fraction of sp³-hybridized carbons (Fsp3) is 0.188. The number of hydrogen-bond acceptors (Lipinski definition) is 3. The Balaban J connectivity index is 1.86. The van der Waals surface area contributed by atoms with Gasteiger partial charge in [0.15, 0.2) is 0 Å². The Hall–Kier alpha value is -2.40. The highest BCUT2D eigenvalue weighted by molar-refractivity contribution is 6.29. The summed E-state index contributed by atoms with van der Waals surface area (Å²) >= 11 is 5.80. The van der Waals surface area contributed by atoms with Gasteiger partial charge in [0, 0.05) is 24.7 Å². The standard InChI is InChI=1S/C16H14ClN3O2/c17-14-10-11(7-8-18-14)16(22)19-12-4-1-2-5-13(12)20-9-3-6-15(20)21/h1-2,4-5,7-8,10H,3,6,9H2,(H,19,22). The normalized spacial score (nSPS) is 14.2. The third-order valence-corrected chi connectivity index (χ3v) is 3.71. The van der Waals surface area contributed by atoms with E-state index in [-0.39, 0.29) is 17.0 Å². The van der Waals surface area contributed by atoms with Crippen LogP contribution in [0.25, 0.3) is 0 Å². The van der Waals surface area contributed by atoms with Gasteiger partial charge in [0.1, 0.15) is 5.15 Å². The van der Waals surface area contributed by atoms with Gasteiger partial charge in [-0.05, 0) is 30.7 Å². The zero-order valence-corrected chi connectivity index (χ0v) is 12.5. The second-order valence-corrected chi connectivity index (χ2v) is 5.37. The van der Waals surface area contributed by atoms with Crippen LogP contribution in [0, 0.1) is 0 Å². The lowest BCUT2D eigenvalue weighted by atomic mass is 10.2. The molecule has 5 nitrogen and oxygen atoms in total. The van der Waals surface area contributed by atoms with Crippen LogP contribution in [0.1, 0.15) is 23.2 Å². The lowest BCUT2D eigenvalue weighted by Crippen LogP contribution is -2.25. The maximum Gasteiger partial charge on any atom is 0.255 e. The van der Waals surface area contributed by atoms with Crippen molar-refractivity contribution < 1.29 is 9.59 Å². The Morgan fingerprint density at radius 1 is 1.27 bits per heavy atom. The lowest BCUT2D eigenvalue weighted by molar-refractivity contribution is -0.117. The molecule has 1 aliphatic rings. The molecule has 22 heavy (non-hydrogen) atoms. The number of rotatable bonds is 3. The van der Waals surface area contributed by atoms with Crippen LogP contribution in [0.15, 0.2) is 42.6 Å². The van der Waals surface area contributed by atoms with Crippen molar-refractivity contribution in [2.75, 3.05) is 16.8 Å². The predicted molar refractivity (Wildman–Crippen MR) is 85.2 cm³/mol. The fourth-order valence-electron chi connectivity index (χ4n) is 2.46. The molecule has 3 rings (SSSR count). The van der Waals surface area contributed by atoms with Gasteiger partial charge in [-0.3, -0.25) is 9.59 Å². The van der Waals surface area contributed by atoms with Gasteiger partial charge in [0.2, 0.25) is 5.91 Å². The van der Waals surface area contributed by atoms with Gasteiger partial charge in [-0.15, -0.1) is 0 Å². The lowest BCUT2D eigenvalue weighted by Gasteiger charge is -2.20. The summed E-state index contributed by atoms with van der Waals surface area (Å²) in [5, 5.41) is 3.09. The number of benzene rings is 1. The van der Waals surface area contributed by atoms with Crippen molar-refractivity contribution in [3.63, 3.8) is 0 Å². The molecule has 1 aliphatic heterocycles. The number of amides is 2. The quantitative estimate of drug-likeness (QED) is 0.885. The number of carbonyl (C=O) groups excluding carboxylic acids is 2. The molecule has 1 fully saturated rings. The highest BCUT2D eigenvalue weighted by Crippen LogP contribution is 2.29. The molecule has 2 aromatic rings. The van der Waals surface area contributed by atoms with E-state index in [1.807, 2.05) is 18.2 Å². The van der Waals surface area contributed by atoms with Crippen molar-refractivity contribution >= 4 is 34.8 Å². The molecular weight excluding hydrogens is 302 g/mol. The number of nitrogens with zero attached hydrogens (tertiary/aromatic N) is 2. The Morgan fingerprint density at radius 3 is 2.82 bits per heavy atom. The molecule has 2 amide bonds. The average molecular weight is 316 g/mol. The van der Waals surface area contributed by atoms with E-state index in [1.165, 1.54) is 12.3 Å². The molecule has 0 bridgehead atoms. The summed E-state index contributed by atoms with van der Waals surface area (Å²) in [5.74, 6) is -0.211. The van der Waals surface area contributed by atoms with Gasteiger partial charge in [-0.25, -0.2) is 4.98 Å². The maximum atomic E-state index is 12.3. The molecule has 0 spiro atoms. The monoisotopic (exact) mass is 315 g/mol. The largest absolute Gasteiger partial charge is 0.320 e. The van der Waals surface area contributed by atoms with Crippen LogP contribution in [-0.2, 0) is 4.79 Å². The number of carbonyl (C=O) groups is 2. The van der Waals surface area contributed by atoms with E-state index in [0.717, 1.165) is 12.1 Å². The first-order chi connectivity index (χ1) is 10.6. The molecular formula is C16H14ClN3O2. The summed E-state index contributed by atoms with van der Waals surface area (Å²) in [6.45, 7) is 0.673. The van der Waals surface area contributed by atoms with E-state index >= 15 is 0 Å². The minimum atomic E-state index is -0.289. The van der Waals surface area contributed by atoms with Gasteiger partial charge in [0.25, 0.3) is 5.91 Å². The molecule has 6 heteroatoms. The zero-order chi connectivity index (χ0) is 15.5. The molecule has 0 atom stereocenters. The summed E-state index contributed by atoms with van der Waals surface area (Å²) < 4.78 is 0. The number of pyridine rings is 1. The van der Waals surface area contributed by atoms with Crippen molar-refractivity contribution in [3.8, 4) is 0 Å². The number of hydrogen-bond donors (Lipinski definition) is 1. The van der Waals surface area contributed by atoms with Crippen LogP contribution < -0.4 is 10.2 Å². The van der Waals surface area contributed by atoms with Crippen molar-refractivity contribution in [1.82, 2.24) is 4.98 Å². The van der Waals surface area contributed by atoms with E-state index < -0.39 is 0 Å². The molecule has 1 N–H and O–H groups in total. The van der Waals surface area contributed by atoms with E-state index in [9.17, 15) is 9.59 Å². The molecule has 1 aromatic carbocycles. The summed E-state index contributed by atoms with van der Waals surface area (Å²) in [4.78, 5) is 29.8. The van der Waals surface area contributed by atoms with Crippen LogP contribution in [0.3, 0.4) is 0 Å². The Bertz CT molecular complexity index is 733. The first kappa shape index (κ1) is 14.5. The first-order valence-electron chi connectivity index (χ1n) is 6.97. The minimum absolute atomic E-state index is 0.0775. The number of para-hydroxylation sites is 2. The first-order valence-corrected chi connectivity index (χ1v) is 7.35. The minimum Gasteiger partial charge on any atom is -0.320 e. The van der Waals surface area contributed by atoms with Gasteiger partial charge in [-0.2, -0.15) is 0 Å². The smallest absolute Gasteiger partial charge is 0.255 e. The van der Waals surface area contributed by atoms with Crippen LogP contribution in [0.4, 0.5) is 11.4 Å². The number of aromatic nitrogens is 1. The molecule has 2 heterocycles. The summed E-state index contributed by atoms with van der Waals surface area (Å²) in [6.07, 6.45) is 2.86. The highest BCUT2D eigenvalue weighted by Gasteiger charge is 2.24. The third-order valence-electron chi connectivity index (χ3n) is 3.51. The van der Waals surface area contributed by atoms with Gasteiger partial charge in [-0.1, -0.05) is 23.7 Å². The van der Waals surface area contributed by atoms with Crippen molar-refractivity contribution in [2.45, 2.75) is 12.8 Å². The van der Waals surface area contributed by atoms with Crippen molar-refractivity contribution in [3.05, 3.63) is 53.3 Å². The van der Waals surface area contributed by atoms with Crippen molar-refractivity contribution in [1.29, 1.82) is 0 Å². The highest BCUT2D eigenvalue weighted by atomic mass is 35.5. The number of nitrogens with one attached hydrogen (secondary N) is 1. The van der Waals surface area contributed by atoms with E-state index in [0.29, 0.717) is 24.2 Å². The van der Waals surface area contributed by atoms with Gasteiger partial charge in [0.05, 0.1) is 11.4 Å². The number of halogens is 1. The second-order valence-electron chi connectivity index (χ2n) is 4.99. The van der Waals surface area contributed by atoms with Crippen molar-refractivity contribution in [2.24, 2.45) is 0 Å². The Kier molecular flexibility index (Phi) is 4.06. The average Bonchev–Trinajstić information content (AvgIpc) is 2.94. The van der Waals surface area contributed by atoms with Crippen LogP contribution >= 0.6 is 11.6 Å². The van der Waals surface area contributed by atoms with Crippen LogP contribution in [0.5, 0.6) is 0 Å². The second kappa shape index (κ2) is 6.15. The Morgan fingerprint density at radius 2 is 2.09 bits per heavy atom. The molecule has 0 saturated carbocycles. The molecule has 112 valence electrons. The molecule has 0 aliphatic carbocycles. The Labute approximate surface area is 132 Å². The van der Waals surface area contributed by atoms with E-state index in [2.05, 4.69) is 10.3 Å². The molecule has 0 unspecified atom stereocenters. The summed E-state index contributed by atoms with van der Waals surface area (Å²) in [7, 11) is 0. The van der Waals surface area contributed by atoms with E-state index in [4.69, 9.17) is 11.6 Å². The van der Waals surface area contributed by atoms with Crippen LogP contribution in [-0.4, -0.2) is 23.3 Å².